The molecule has 3 N–H and O–H groups in total. The zero-order valence-electron chi connectivity index (χ0n) is 20.6. The second-order valence-corrected chi connectivity index (χ2v) is 9.27. The van der Waals surface area contributed by atoms with Crippen molar-refractivity contribution in [2.45, 2.75) is 46.8 Å². The first-order chi connectivity index (χ1) is 16.8. The van der Waals surface area contributed by atoms with Gasteiger partial charge in [-0.2, -0.15) is 0 Å². The molecule has 0 aliphatic rings. The van der Waals surface area contributed by atoms with Gasteiger partial charge in [0.05, 0.1) is 28.2 Å². The number of aliphatic hydroxyl groups is 1. The lowest BCUT2D eigenvalue weighted by molar-refractivity contribution is 0.118. The molecule has 0 aliphatic carbocycles. The summed E-state index contributed by atoms with van der Waals surface area (Å²) in [5.41, 5.74) is 6.35. The van der Waals surface area contributed by atoms with Gasteiger partial charge < -0.3 is 15.6 Å². The third-order valence-corrected chi connectivity index (χ3v) is 5.57. The standard InChI is InChI=1S/C25H28Cl2FN5O3/c1-14(2)19(11-22(30-6)31-8-7-21(29)25(4,5)35)33-15(3)9-20(23(27)24(33)34)36-13-18-17(26)10-16(28)12-32-18/h7-12,35H,6,13,29H2,1-5H3/b21-7?,22-11+,31-8?. The van der Waals surface area contributed by atoms with Gasteiger partial charge in [-0.25, -0.2) is 14.4 Å². The predicted molar refractivity (Wildman–Crippen MR) is 143 cm³/mol. The Balaban J connectivity index is 2.44. The molecule has 0 amide bonds. The van der Waals surface area contributed by atoms with Crippen LogP contribution >= 0.6 is 23.2 Å². The van der Waals surface area contributed by atoms with E-state index < -0.39 is 17.0 Å². The molecular weight excluding hydrogens is 508 g/mol. The number of nitrogens with two attached hydrogens (primary N) is 1. The molecule has 0 spiro atoms. The summed E-state index contributed by atoms with van der Waals surface area (Å²) < 4.78 is 20.3. The van der Waals surface area contributed by atoms with Gasteiger partial charge in [0, 0.05) is 29.7 Å². The van der Waals surface area contributed by atoms with E-state index in [0.29, 0.717) is 17.1 Å². The number of nitrogens with zero attached hydrogens (tertiary/aromatic N) is 4. The molecule has 0 saturated heterocycles. The van der Waals surface area contributed by atoms with Gasteiger partial charge in [-0.15, -0.1) is 0 Å². The highest BCUT2D eigenvalue weighted by Gasteiger charge is 2.17. The molecule has 11 heteroatoms. The highest BCUT2D eigenvalue weighted by Crippen LogP contribution is 2.27. The zero-order valence-corrected chi connectivity index (χ0v) is 22.2. The van der Waals surface area contributed by atoms with Gasteiger partial charge in [-0.3, -0.25) is 14.3 Å². The number of aryl methyl sites for hydroxylation is 1. The van der Waals surface area contributed by atoms with Crippen LogP contribution in [0.3, 0.4) is 0 Å². The minimum atomic E-state index is -1.20. The van der Waals surface area contributed by atoms with Crippen molar-refractivity contribution in [3.63, 3.8) is 0 Å². The number of aliphatic imine (C=N–C) groups is 2. The minimum Gasteiger partial charge on any atom is -0.485 e. The van der Waals surface area contributed by atoms with E-state index in [4.69, 9.17) is 33.7 Å². The van der Waals surface area contributed by atoms with Crippen LogP contribution in [0.5, 0.6) is 5.75 Å². The smallest absolute Gasteiger partial charge is 0.277 e. The third-order valence-electron chi connectivity index (χ3n) is 4.90. The Morgan fingerprint density at radius 2 is 2.03 bits per heavy atom. The number of aromatic nitrogens is 2. The van der Waals surface area contributed by atoms with E-state index >= 15 is 0 Å². The second kappa shape index (κ2) is 12.1. The van der Waals surface area contributed by atoms with E-state index in [2.05, 4.69) is 21.7 Å². The molecule has 2 aromatic rings. The Hall–Kier alpha value is -3.27. The van der Waals surface area contributed by atoms with Gasteiger partial charge in [-0.1, -0.05) is 28.8 Å². The van der Waals surface area contributed by atoms with E-state index in [1.807, 2.05) is 13.8 Å². The average Bonchev–Trinajstić information content (AvgIpc) is 2.78. The topological polar surface area (TPSA) is 115 Å². The third kappa shape index (κ3) is 7.36. The molecular formula is C25H28Cl2FN5O3. The first kappa shape index (κ1) is 29.0. The van der Waals surface area contributed by atoms with Crippen molar-refractivity contribution in [3.8, 4) is 5.75 Å². The van der Waals surface area contributed by atoms with Crippen LogP contribution < -0.4 is 16.0 Å². The highest BCUT2D eigenvalue weighted by atomic mass is 35.5. The van der Waals surface area contributed by atoms with Gasteiger partial charge in [0.1, 0.15) is 23.2 Å². The number of hydrogen-bond donors (Lipinski definition) is 2. The quantitative estimate of drug-likeness (QED) is 0.344. The maximum Gasteiger partial charge on any atom is 0.277 e. The van der Waals surface area contributed by atoms with Crippen LogP contribution in [-0.2, 0) is 6.61 Å². The Labute approximate surface area is 219 Å². The summed E-state index contributed by atoms with van der Waals surface area (Å²) in [5.74, 6) is -0.246. The van der Waals surface area contributed by atoms with Gasteiger partial charge in [-0.05, 0) is 53.5 Å². The SMILES string of the molecule is C=N/C(=C\C(=C(C)C)n1c(C)cc(OCc2ncc(F)cc2Cl)c(Cl)c1=O)N=CC=C(N)C(C)(C)O. The summed E-state index contributed by atoms with van der Waals surface area (Å²) in [5, 5.41) is 9.85. The van der Waals surface area contributed by atoms with Crippen molar-refractivity contribution in [1.29, 1.82) is 0 Å². The van der Waals surface area contributed by atoms with E-state index in [1.165, 1.54) is 16.9 Å². The van der Waals surface area contributed by atoms with Crippen molar-refractivity contribution in [3.05, 3.63) is 85.2 Å². The molecule has 0 aromatic carbocycles. The van der Waals surface area contributed by atoms with E-state index in [1.54, 1.807) is 32.9 Å². The lowest BCUT2D eigenvalue weighted by atomic mass is 10.1. The summed E-state index contributed by atoms with van der Waals surface area (Å²) in [6, 6.07) is 2.71. The fourth-order valence-corrected chi connectivity index (χ4v) is 3.26. The normalized spacial score (nSPS) is 12.7. The van der Waals surface area contributed by atoms with Crippen LogP contribution in [0.2, 0.25) is 10.0 Å². The summed E-state index contributed by atoms with van der Waals surface area (Å²) in [4.78, 5) is 25.2. The average molecular weight is 536 g/mol. The fraction of sp³-hybridized carbons (Fsp3) is 0.280. The summed E-state index contributed by atoms with van der Waals surface area (Å²) in [7, 11) is 0. The van der Waals surface area contributed by atoms with Crippen molar-refractivity contribution < 1.29 is 14.2 Å². The van der Waals surface area contributed by atoms with Crippen molar-refractivity contribution in [2.24, 2.45) is 15.7 Å². The van der Waals surface area contributed by atoms with E-state index in [-0.39, 0.29) is 33.9 Å². The number of hydrogen-bond acceptors (Lipinski definition) is 7. The Morgan fingerprint density at radius 3 is 2.58 bits per heavy atom. The molecule has 36 heavy (non-hydrogen) atoms. The predicted octanol–water partition coefficient (Wildman–Crippen LogP) is 5.05. The molecule has 0 fully saturated rings. The summed E-state index contributed by atoms with van der Waals surface area (Å²) in [6.45, 7) is 11.8. The molecule has 2 rings (SSSR count). The van der Waals surface area contributed by atoms with Crippen LogP contribution in [0.1, 0.15) is 39.1 Å². The molecule has 192 valence electrons. The zero-order chi connectivity index (χ0) is 27.2. The number of rotatable bonds is 9. The molecule has 2 heterocycles. The lowest BCUT2D eigenvalue weighted by Gasteiger charge is -2.17. The molecule has 0 aliphatic heterocycles. The largest absolute Gasteiger partial charge is 0.485 e. The summed E-state index contributed by atoms with van der Waals surface area (Å²) >= 11 is 12.4. The maximum absolute atomic E-state index is 13.2. The molecule has 2 aromatic heterocycles. The second-order valence-electron chi connectivity index (χ2n) is 8.48. The first-order valence-electron chi connectivity index (χ1n) is 10.7. The molecule has 0 atom stereocenters. The molecule has 0 bridgehead atoms. The molecule has 0 unspecified atom stereocenters. The maximum atomic E-state index is 13.2. The minimum absolute atomic E-state index is 0.0947. The van der Waals surface area contributed by atoms with Gasteiger partial charge in [0.25, 0.3) is 5.56 Å². The van der Waals surface area contributed by atoms with Crippen LogP contribution in [0, 0.1) is 12.7 Å². The first-order valence-corrected chi connectivity index (χ1v) is 11.5. The van der Waals surface area contributed by atoms with Gasteiger partial charge >= 0.3 is 0 Å². The van der Waals surface area contributed by atoms with E-state index in [9.17, 15) is 14.3 Å². The van der Waals surface area contributed by atoms with Crippen molar-refractivity contribution in [2.75, 3.05) is 0 Å². The number of ether oxygens (including phenoxy) is 1. The summed E-state index contributed by atoms with van der Waals surface area (Å²) in [6.07, 6.45) is 5.42. The molecule has 8 nitrogen and oxygen atoms in total. The number of halogens is 3. The number of pyridine rings is 2. The van der Waals surface area contributed by atoms with Gasteiger partial charge in [0.15, 0.2) is 5.82 Å². The van der Waals surface area contributed by atoms with Crippen LogP contribution in [-0.4, -0.2) is 33.2 Å². The van der Waals surface area contributed by atoms with Gasteiger partial charge in [0.2, 0.25) is 0 Å². The Morgan fingerprint density at radius 1 is 1.36 bits per heavy atom. The lowest BCUT2D eigenvalue weighted by Crippen LogP contribution is -2.27. The van der Waals surface area contributed by atoms with Crippen molar-refractivity contribution >= 4 is 41.8 Å². The van der Waals surface area contributed by atoms with Crippen LogP contribution in [0.4, 0.5) is 4.39 Å². The fourth-order valence-electron chi connectivity index (χ4n) is 2.86. The molecule has 0 saturated carbocycles. The van der Waals surface area contributed by atoms with Crippen molar-refractivity contribution in [1.82, 2.24) is 9.55 Å². The monoisotopic (exact) mass is 535 g/mol. The Bertz CT molecular complexity index is 1330. The van der Waals surface area contributed by atoms with E-state index in [0.717, 1.165) is 17.8 Å². The van der Waals surface area contributed by atoms with Crippen LogP contribution in [0.15, 0.2) is 62.4 Å². The number of allylic oxidation sites excluding steroid dienone is 4. The molecule has 0 radical (unpaired) electrons. The highest BCUT2D eigenvalue weighted by molar-refractivity contribution is 6.32. The van der Waals surface area contributed by atoms with Crippen LogP contribution in [0.25, 0.3) is 5.70 Å². The Kier molecular flexibility index (Phi) is 9.75.